The second-order valence-electron chi connectivity index (χ2n) is 3.67. The lowest BCUT2D eigenvalue weighted by Crippen LogP contribution is -2.00. The van der Waals surface area contributed by atoms with E-state index in [4.69, 9.17) is 16.3 Å². The summed E-state index contributed by atoms with van der Waals surface area (Å²) in [7, 11) is 1.59. The van der Waals surface area contributed by atoms with Crippen LogP contribution in [0.4, 0.5) is 5.82 Å². The maximum Gasteiger partial charge on any atom is 0.138 e. The van der Waals surface area contributed by atoms with Gasteiger partial charge in [0.1, 0.15) is 17.9 Å². The van der Waals surface area contributed by atoms with Crippen molar-refractivity contribution in [1.29, 1.82) is 0 Å². The standard InChI is InChI=1S/C13H14ClN3O/c1-3-15-13-7-11(16-8-17-13)9-4-5-10(14)12(6-9)18-2/h4-8H,3H2,1-2H3,(H,15,16,17). The Morgan fingerprint density at radius 1 is 1.28 bits per heavy atom. The number of nitrogens with zero attached hydrogens (tertiary/aromatic N) is 2. The molecule has 0 aliphatic carbocycles. The molecule has 0 aliphatic rings. The maximum atomic E-state index is 5.99. The van der Waals surface area contributed by atoms with Crippen molar-refractivity contribution in [3.8, 4) is 17.0 Å². The van der Waals surface area contributed by atoms with E-state index in [0.717, 1.165) is 23.6 Å². The van der Waals surface area contributed by atoms with E-state index in [1.807, 2.05) is 25.1 Å². The van der Waals surface area contributed by atoms with Gasteiger partial charge in [-0.2, -0.15) is 0 Å². The maximum absolute atomic E-state index is 5.99. The van der Waals surface area contributed by atoms with Crippen molar-refractivity contribution < 1.29 is 4.74 Å². The molecule has 18 heavy (non-hydrogen) atoms. The Morgan fingerprint density at radius 3 is 2.83 bits per heavy atom. The van der Waals surface area contributed by atoms with Gasteiger partial charge in [0.25, 0.3) is 0 Å². The van der Waals surface area contributed by atoms with Crippen LogP contribution >= 0.6 is 11.6 Å². The predicted molar refractivity (Wildman–Crippen MR) is 73.2 cm³/mol. The predicted octanol–water partition coefficient (Wildman–Crippen LogP) is 3.24. The molecule has 0 amide bonds. The fourth-order valence-electron chi connectivity index (χ4n) is 1.61. The van der Waals surface area contributed by atoms with Gasteiger partial charge < -0.3 is 10.1 Å². The van der Waals surface area contributed by atoms with Crippen LogP contribution in [-0.4, -0.2) is 23.6 Å². The van der Waals surface area contributed by atoms with E-state index in [9.17, 15) is 0 Å². The van der Waals surface area contributed by atoms with E-state index in [0.29, 0.717) is 10.8 Å². The van der Waals surface area contributed by atoms with Crippen LogP contribution in [0.1, 0.15) is 6.92 Å². The molecule has 1 aromatic carbocycles. The van der Waals surface area contributed by atoms with Gasteiger partial charge in [-0.3, -0.25) is 0 Å². The highest BCUT2D eigenvalue weighted by atomic mass is 35.5. The Labute approximate surface area is 111 Å². The SMILES string of the molecule is CCNc1cc(-c2ccc(Cl)c(OC)c2)ncn1. The second-order valence-corrected chi connectivity index (χ2v) is 4.08. The molecule has 1 aromatic heterocycles. The lowest BCUT2D eigenvalue weighted by molar-refractivity contribution is 0.415. The van der Waals surface area contributed by atoms with Crippen molar-refractivity contribution in [1.82, 2.24) is 9.97 Å². The summed E-state index contributed by atoms with van der Waals surface area (Å²) >= 11 is 5.99. The Hall–Kier alpha value is -1.81. The van der Waals surface area contributed by atoms with Crippen LogP contribution in [0.5, 0.6) is 5.75 Å². The monoisotopic (exact) mass is 263 g/mol. The van der Waals surface area contributed by atoms with Crippen LogP contribution in [0, 0.1) is 0 Å². The topological polar surface area (TPSA) is 47.0 Å². The number of benzene rings is 1. The second kappa shape index (κ2) is 5.69. The Morgan fingerprint density at radius 2 is 2.11 bits per heavy atom. The highest BCUT2D eigenvalue weighted by Gasteiger charge is 2.06. The van der Waals surface area contributed by atoms with Crippen molar-refractivity contribution in [2.24, 2.45) is 0 Å². The summed E-state index contributed by atoms with van der Waals surface area (Å²) < 4.78 is 5.19. The summed E-state index contributed by atoms with van der Waals surface area (Å²) in [6, 6.07) is 7.46. The molecule has 1 N–H and O–H groups in total. The third-order valence-corrected chi connectivity index (χ3v) is 2.78. The van der Waals surface area contributed by atoms with Gasteiger partial charge in [-0.25, -0.2) is 9.97 Å². The van der Waals surface area contributed by atoms with Crippen LogP contribution in [0.2, 0.25) is 5.02 Å². The molecule has 1 heterocycles. The molecular weight excluding hydrogens is 250 g/mol. The molecule has 0 saturated carbocycles. The van der Waals surface area contributed by atoms with Gasteiger partial charge in [-0.05, 0) is 19.1 Å². The molecule has 94 valence electrons. The number of hydrogen-bond donors (Lipinski definition) is 1. The van der Waals surface area contributed by atoms with Gasteiger partial charge >= 0.3 is 0 Å². The van der Waals surface area contributed by atoms with E-state index in [-0.39, 0.29) is 0 Å². The molecule has 5 heteroatoms. The minimum atomic E-state index is 0.585. The average Bonchev–Trinajstić information content (AvgIpc) is 2.40. The fourth-order valence-corrected chi connectivity index (χ4v) is 1.81. The normalized spacial score (nSPS) is 10.2. The smallest absolute Gasteiger partial charge is 0.138 e. The van der Waals surface area contributed by atoms with E-state index >= 15 is 0 Å². The van der Waals surface area contributed by atoms with Gasteiger partial charge in [-0.15, -0.1) is 0 Å². The van der Waals surface area contributed by atoms with Crippen LogP contribution < -0.4 is 10.1 Å². The molecule has 0 saturated heterocycles. The zero-order valence-corrected chi connectivity index (χ0v) is 11.0. The molecule has 0 fully saturated rings. The van der Waals surface area contributed by atoms with Gasteiger partial charge in [0, 0.05) is 18.2 Å². The first-order chi connectivity index (χ1) is 8.74. The van der Waals surface area contributed by atoms with Crippen molar-refractivity contribution in [2.75, 3.05) is 19.0 Å². The summed E-state index contributed by atoms with van der Waals surface area (Å²) in [5, 5.41) is 3.73. The number of aromatic nitrogens is 2. The lowest BCUT2D eigenvalue weighted by Gasteiger charge is -2.07. The molecule has 2 rings (SSSR count). The minimum absolute atomic E-state index is 0.585. The lowest BCUT2D eigenvalue weighted by atomic mass is 10.1. The molecule has 0 atom stereocenters. The van der Waals surface area contributed by atoms with Crippen LogP contribution in [0.25, 0.3) is 11.3 Å². The number of hydrogen-bond acceptors (Lipinski definition) is 4. The molecule has 4 nitrogen and oxygen atoms in total. The summed E-state index contributed by atoms with van der Waals surface area (Å²) in [6.45, 7) is 2.84. The molecule has 0 radical (unpaired) electrons. The first kappa shape index (κ1) is 12.6. The van der Waals surface area contributed by atoms with E-state index in [1.165, 1.54) is 6.33 Å². The molecule has 0 spiro atoms. The zero-order chi connectivity index (χ0) is 13.0. The number of methoxy groups -OCH3 is 1. The highest BCUT2D eigenvalue weighted by molar-refractivity contribution is 6.32. The third-order valence-electron chi connectivity index (χ3n) is 2.47. The van der Waals surface area contributed by atoms with Crippen molar-refractivity contribution in [2.45, 2.75) is 6.92 Å². The summed E-state index contributed by atoms with van der Waals surface area (Å²) in [4.78, 5) is 8.38. The number of ether oxygens (including phenoxy) is 1. The quantitative estimate of drug-likeness (QED) is 0.920. The third kappa shape index (κ3) is 2.71. The van der Waals surface area contributed by atoms with E-state index in [2.05, 4.69) is 15.3 Å². The number of nitrogens with one attached hydrogen (secondary N) is 1. The van der Waals surface area contributed by atoms with Crippen LogP contribution in [0.15, 0.2) is 30.6 Å². The number of rotatable bonds is 4. The summed E-state index contributed by atoms with van der Waals surface area (Å²) in [5.41, 5.74) is 1.77. The molecule has 0 bridgehead atoms. The molecule has 0 unspecified atom stereocenters. The van der Waals surface area contributed by atoms with Crippen LogP contribution in [-0.2, 0) is 0 Å². The Kier molecular flexibility index (Phi) is 3.99. The minimum Gasteiger partial charge on any atom is -0.495 e. The van der Waals surface area contributed by atoms with E-state index in [1.54, 1.807) is 13.2 Å². The summed E-state index contributed by atoms with van der Waals surface area (Å²) in [5.74, 6) is 1.44. The first-order valence-corrected chi connectivity index (χ1v) is 6.02. The Balaban J connectivity index is 2.38. The molecule has 0 aliphatic heterocycles. The molecular formula is C13H14ClN3O. The highest BCUT2D eigenvalue weighted by Crippen LogP contribution is 2.29. The van der Waals surface area contributed by atoms with Gasteiger partial charge in [-0.1, -0.05) is 17.7 Å². The largest absolute Gasteiger partial charge is 0.495 e. The number of halogens is 1. The van der Waals surface area contributed by atoms with Crippen molar-refractivity contribution in [3.63, 3.8) is 0 Å². The van der Waals surface area contributed by atoms with Crippen molar-refractivity contribution >= 4 is 17.4 Å². The van der Waals surface area contributed by atoms with Gasteiger partial charge in [0.2, 0.25) is 0 Å². The Bertz CT molecular complexity index is 546. The van der Waals surface area contributed by atoms with Gasteiger partial charge in [0.05, 0.1) is 17.8 Å². The van der Waals surface area contributed by atoms with E-state index < -0.39 is 0 Å². The molecule has 2 aromatic rings. The first-order valence-electron chi connectivity index (χ1n) is 5.64. The average molecular weight is 264 g/mol. The van der Waals surface area contributed by atoms with Crippen LogP contribution in [0.3, 0.4) is 0 Å². The van der Waals surface area contributed by atoms with Crippen molar-refractivity contribution in [3.05, 3.63) is 35.6 Å². The zero-order valence-electron chi connectivity index (χ0n) is 10.3. The van der Waals surface area contributed by atoms with Gasteiger partial charge in [0.15, 0.2) is 0 Å². The summed E-state index contributed by atoms with van der Waals surface area (Å²) in [6.07, 6.45) is 1.54. The number of anilines is 1. The fraction of sp³-hybridized carbons (Fsp3) is 0.231.